The molecule has 14 heavy (non-hydrogen) atoms. The van der Waals surface area contributed by atoms with Gasteiger partial charge in [-0.2, -0.15) is 11.8 Å². The molecule has 0 spiro atoms. The first-order valence-corrected chi connectivity index (χ1v) is 6.66. The fourth-order valence-corrected chi connectivity index (χ4v) is 2.12. The molecule has 0 radical (unpaired) electrons. The van der Waals surface area contributed by atoms with Crippen LogP contribution in [0.4, 0.5) is 0 Å². The van der Waals surface area contributed by atoms with Gasteiger partial charge < -0.3 is 10.6 Å². The van der Waals surface area contributed by atoms with E-state index in [4.69, 9.17) is 5.73 Å². The van der Waals surface area contributed by atoms with Gasteiger partial charge in [-0.3, -0.25) is 0 Å². The predicted octanol–water partition coefficient (Wildman–Crippen LogP) is 1.54. The maximum atomic E-state index is 5.90. The van der Waals surface area contributed by atoms with Crippen LogP contribution in [0.15, 0.2) is 4.99 Å². The lowest BCUT2D eigenvalue weighted by molar-refractivity contribution is 0.523. The minimum atomic E-state index is 0.492. The van der Waals surface area contributed by atoms with Crippen molar-refractivity contribution >= 4 is 17.7 Å². The van der Waals surface area contributed by atoms with Gasteiger partial charge in [0.1, 0.15) is 0 Å². The van der Waals surface area contributed by atoms with Crippen molar-refractivity contribution in [2.45, 2.75) is 31.7 Å². The Morgan fingerprint density at radius 3 is 2.71 bits per heavy atom. The summed E-state index contributed by atoms with van der Waals surface area (Å²) in [5.74, 6) is 1.82. The molecule has 0 aromatic carbocycles. The zero-order valence-electron chi connectivity index (χ0n) is 9.20. The predicted molar refractivity (Wildman–Crippen MR) is 64.9 cm³/mol. The summed E-state index contributed by atoms with van der Waals surface area (Å²) >= 11 is 1.84. The molecule has 1 aliphatic carbocycles. The molecule has 82 valence electrons. The first-order chi connectivity index (χ1) is 6.74. The molecule has 3 nitrogen and oxygen atoms in total. The third kappa shape index (κ3) is 3.78. The molecule has 0 aromatic rings. The third-order valence-electron chi connectivity index (χ3n) is 2.66. The molecule has 1 fully saturated rings. The molecule has 1 rings (SSSR count). The van der Waals surface area contributed by atoms with Crippen LogP contribution in [-0.4, -0.2) is 42.5 Å². The lowest BCUT2D eigenvalue weighted by atomic mass is 10.3. The van der Waals surface area contributed by atoms with Crippen molar-refractivity contribution in [2.75, 3.05) is 25.6 Å². The lowest BCUT2D eigenvalue weighted by Crippen LogP contribution is -2.36. The van der Waals surface area contributed by atoms with Crippen LogP contribution in [0.5, 0.6) is 0 Å². The summed E-state index contributed by atoms with van der Waals surface area (Å²) in [4.78, 5) is 6.59. The average molecular weight is 215 g/mol. The maximum Gasteiger partial charge on any atom is 0.191 e. The summed E-state index contributed by atoms with van der Waals surface area (Å²) in [6, 6.07) is 0.492. The highest BCUT2D eigenvalue weighted by Crippen LogP contribution is 2.20. The molecule has 0 heterocycles. The van der Waals surface area contributed by atoms with Gasteiger partial charge in [0.05, 0.1) is 6.04 Å². The number of hydrogen-bond acceptors (Lipinski definition) is 2. The van der Waals surface area contributed by atoms with Crippen molar-refractivity contribution in [1.29, 1.82) is 0 Å². The summed E-state index contributed by atoms with van der Waals surface area (Å²) in [6.07, 6.45) is 7.18. The normalized spacial score (nSPS) is 18.9. The molecular weight excluding hydrogens is 194 g/mol. The standard InChI is InChI=1S/C10H21N3S/c1-13(7-8-14-2)10(11)12-9-5-3-4-6-9/h9H,3-8H2,1-2H3,(H2,11,12). The Bertz CT molecular complexity index is 188. The number of aliphatic imine (C=N–C) groups is 1. The number of thioether (sulfide) groups is 1. The van der Waals surface area contributed by atoms with Gasteiger partial charge in [0.2, 0.25) is 0 Å². The Balaban J connectivity index is 2.33. The first-order valence-electron chi connectivity index (χ1n) is 5.27. The van der Waals surface area contributed by atoms with Crippen LogP contribution < -0.4 is 5.73 Å². The maximum absolute atomic E-state index is 5.90. The number of nitrogens with two attached hydrogens (primary N) is 1. The molecule has 1 aliphatic rings. The van der Waals surface area contributed by atoms with Gasteiger partial charge in [0, 0.05) is 19.3 Å². The highest BCUT2D eigenvalue weighted by molar-refractivity contribution is 7.98. The lowest BCUT2D eigenvalue weighted by Gasteiger charge is -2.18. The van der Waals surface area contributed by atoms with Gasteiger partial charge in [0.25, 0.3) is 0 Å². The number of hydrogen-bond donors (Lipinski definition) is 1. The van der Waals surface area contributed by atoms with Gasteiger partial charge in [-0.05, 0) is 19.1 Å². The molecular formula is C10H21N3S. The molecule has 0 amide bonds. The zero-order valence-corrected chi connectivity index (χ0v) is 10.0. The number of guanidine groups is 1. The molecule has 0 unspecified atom stereocenters. The van der Waals surface area contributed by atoms with Gasteiger partial charge >= 0.3 is 0 Å². The third-order valence-corrected chi connectivity index (χ3v) is 3.25. The summed E-state index contributed by atoms with van der Waals surface area (Å²) < 4.78 is 0. The molecule has 1 saturated carbocycles. The van der Waals surface area contributed by atoms with Gasteiger partial charge in [-0.1, -0.05) is 12.8 Å². The van der Waals surface area contributed by atoms with E-state index in [1.54, 1.807) is 0 Å². The van der Waals surface area contributed by atoms with Crippen LogP contribution in [0, 0.1) is 0 Å². The highest BCUT2D eigenvalue weighted by atomic mass is 32.2. The summed E-state index contributed by atoms with van der Waals surface area (Å²) in [7, 11) is 2.02. The van der Waals surface area contributed by atoms with E-state index >= 15 is 0 Å². The van der Waals surface area contributed by atoms with Crippen LogP contribution in [-0.2, 0) is 0 Å². The van der Waals surface area contributed by atoms with E-state index < -0.39 is 0 Å². The summed E-state index contributed by atoms with van der Waals surface area (Å²) in [6.45, 7) is 0.989. The van der Waals surface area contributed by atoms with E-state index in [9.17, 15) is 0 Å². The number of nitrogens with zero attached hydrogens (tertiary/aromatic N) is 2. The monoisotopic (exact) mass is 215 g/mol. The minimum Gasteiger partial charge on any atom is -0.370 e. The smallest absolute Gasteiger partial charge is 0.191 e. The first kappa shape index (κ1) is 11.7. The fourth-order valence-electron chi connectivity index (χ4n) is 1.66. The minimum absolute atomic E-state index is 0.492. The van der Waals surface area contributed by atoms with Crippen LogP contribution in [0.1, 0.15) is 25.7 Å². The van der Waals surface area contributed by atoms with E-state index in [-0.39, 0.29) is 0 Å². The Kier molecular flexibility index (Phi) is 5.15. The molecule has 2 N–H and O–H groups in total. The van der Waals surface area contributed by atoms with E-state index in [1.165, 1.54) is 25.7 Å². The fraction of sp³-hybridized carbons (Fsp3) is 0.900. The topological polar surface area (TPSA) is 41.6 Å². The Morgan fingerprint density at radius 2 is 2.14 bits per heavy atom. The van der Waals surface area contributed by atoms with Crippen molar-refractivity contribution in [2.24, 2.45) is 10.7 Å². The van der Waals surface area contributed by atoms with E-state index in [0.717, 1.165) is 12.3 Å². The summed E-state index contributed by atoms with van der Waals surface area (Å²) in [5, 5.41) is 0. The molecule has 0 aromatic heterocycles. The van der Waals surface area contributed by atoms with Crippen LogP contribution in [0.25, 0.3) is 0 Å². The number of rotatable bonds is 4. The highest BCUT2D eigenvalue weighted by Gasteiger charge is 2.14. The average Bonchev–Trinajstić information content (AvgIpc) is 2.66. The van der Waals surface area contributed by atoms with E-state index in [1.807, 2.05) is 18.8 Å². The largest absolute Gasteiger partial charge is 0.370 e. The Hall–Kier alpha value is -0.380. The van der Waals surface area contributed by atoms with Crippen molar-refractivity contribution in [1.82, 2.24) is 4.90 Å². The second-order valence-electron chi connectivity index (χ2n) is 3.84. The SMILES string of the molecule is CSCCN(C)C(N)=NC1CCCC1. The van der Waals surface area contributed by atoms with E-state index in [0.29, 0.717) is 12.0 Å². The molecule has 0 atom stereocenters. The van der Waals surface area contributed by atoms with Crippen molar-refractivity contribution in [3.05, 3.63) is 0 Å². The van der Waals surface area contributed by atoms with Crippen molar-refractivity contribution < 1.29 is 0 Å². The second-order valence-corrected chi connectivity index (χ2v) is 4.83. The van der Waals surface area contributed by atoms with Crippen LogP contribution >= 0.6 is 11.8 Å². The molecule has 4 heteroatoms. The van der Waals surface area contributed by atoms with E-state index in [2.05, 4.69) is 16.1 Å². The van der Waals surface area contributed by atoms with Gasteiger partial charge in [-0.15, -0.1) is 0 Å². The summed E-state index contributed by atoms with van der Waals surface area (Å²) in [5.41, 5.74) is 5.90. The van der Waals surface area contributed by atoms with Crippen molar-refractivity contribution in [3.8, 4) is 0 Å². The second kappa shape index (κ2) is 6.17. The Morgan fingerprint density at radius 1 is 1.50 bits per heavy atom. The quantitative estimate of drug-likeness (QED) is 0.571. The van der Waals surface area contributed by atoms with Crippen LogP contribution in [0.2, 0.25) is 0 Å². The molecule has 0 aliphatic heterocycles. The van der Waals surface area contributed by atoms with Crippen LogP contribution in [0.3, 0.4) is 0 Å². The van der Waals surface area contributed by atoms with Crippen molar-refractivity contribution in [3.63, 3.8) is 0 Å². The molecule has 0 saturated heterocycles. The zero-order chi connectivity index (χ0) is 10.4. The molecule has 0 bridgehead atoms. The Labute approximate surface area is 91.1 Å². The van der Waals surface area contributed by atoms with Gasteiger partial charge in [0.15, 0.2) is 5.96 Å². The van der Waals surface area contributed by atoms with Gasteiger partial charge in [-0.25, -0.2) is 4.99 Å².